The van der Waals surface area contributed by atoms with Gasteiger partial charge in [0.15, 0.2) is 0 Å². The maximum absolute atomic E-state index is 13.3. The number of aromatic nitrogens is 1. The average molecular weight is 476 g/mol. The molecule has 7 heteroatoms. The van der Waals surface area contributed by atoms with Crippen LogP contribution in [0.5, 0.6) is 0 Å². The molecule has 2 aliphatic heterocycles. The van der Waals surface area contributed by atoms with Gasteiger partial charge in [0.1, 0.15) is 9.57 Å². The second kappa shape index (κ2) is 9.53. The molecule has 0 saturated carbocycles. The van der Waals surface area contributed by atoms with Gasteiger partial charge >= 0.3 is 0 Å². The van der Waals surface area contributed by atoms with E-state index < -0.39 is 5.25 Å². The van der Waals surface area contributed by atoms with Gasteiger partial charge in [-0.25, -0.2) is 0 Å². The lowest BCUT2D eigenvalue weighted by atomic mass is 9.83. The number of nitrogens with one attached hydrogen (secondary N) is 1. The van der Waals surface area contributed by atoms with Crippen molar-refractivity contribution in [1.29, 1.82) is 0 Å². The quantitative estimate of drug-likeness (QED) is 0.556. The highest BCUT2D eigenvalue weighted by molar-refractivity contribution is 8.23. The van der Waals surface area contributed by atoms with E-state index in [9.17, 15) is 9.59 Å². The summed E-state index contributed by atoms with van der Waals surface area (Å²) in [6.07, 6.45) is 1.07. The first-order valence-corrected chi connectivity index (χ1v) is 12.4. The number of fused-ring (bicyclic) bond motifs is 4. The Morgan fingerprint density at radius 2 is 1.67 bits per heavy atom. The lowest BCUT2D eigenvalue weighted by molar-refractivity contribution is -0.115. The Hall–Kier alpha value is -2.90. The first-order chi connectivity index (χ1) is 16.1. The van der Waals surface area contributed by atoms with E-state index in [1.165, 1.54) is 11.8 Å². The highest BCUT2D eigenvalue weighted by atomic mass is 32.2. The summed E-state index contributed by atoms with van der Waals surface area (Å²) < 4.78 is 2.65. The zero-order valence-electron chi connectivity index (χ0n) is 18.1. The highest BCUT2D eigenvalue weighted by Crippen LogP contribution is 2.38. The minimum atomic E-state index is -0.449. The molecule has 2 aromatic carbocycles. The van der Waals surface area contributed by atoms with E-state index in [0.29, 0.717) is 5.92 Å². The van der Waals surface area contributed by atoms with Crippen LogP contribution >= 0.6 is 24.0 Å². The fraction of sp³-hybridized carbons (Fsp3) is 0.269. The third kappa shape index (κ3) is 4.75. The molecule has 0 spiro atoms. The van der Waals surface area contributed by atoms with Crippen LogP contribution in [0.3, 0.4) is 0 Å². The number of hydrogen-bond donors (Lipinski definition) is 1. The van der Waals surface area contributed by atoms with Crippen LogP contribution in [-0.2, 0) is 11.3 Å². The van der Waals surface area contributed by atoms with Crippen molar-refractivity contribution in [3.63, 3.8) is 0 Å². The number of carbonyl (C=O) groups is 1. The Bertz CT molecular complexity index is 1210. The van der Waals surface area contributed by atoms with Crippen LogP contribution in [0.25, 0.3) is 0 Å². The van der Waals surface area contributed by atoms with Gasteiger partial charge in [-0.3, -0.25) is 9.59 Å². The smallest absolute Gasteiger partial charge is 0.250 e. The molecule has 3 aromatic rings. The van der Waals surface area contributed by atoms with Crippen LogP contribution in [0, 0.1) is 5.92 Å². The molecule has 168 valence electrons. The summed E-state index contributed by atoms with van der Waals surface area (Å²) in [6, 6.07) is 24.8. The largest absolute Gasteiger partial charge is 0.356 e. The monoisotopic (exact) mass is 475 g/mol. The average Bonchev–Trinajstić information content (AvgIpc) is 2.84. The number of amides is 1. The molecule has 3 heterocycles. The SMILES string of the molecule is O=C(Nc1ccccc1)[C@H](SC(=S)N1C[C@H]2C[C@@H](C1)c1cccc(=O)n1C2)c1ccccc1. The molecule has 5 nitrogen and oxygen atoms in total. The molecule has 33 heavy (non-hydrogen) atoms. The van der Waals surface area contributed by atoms with Crippen molar-refractivity contribution >= 4 is 39.9 Å². The van der Waals surface area contributed by atoms with Crippen molar-refractivity contribution in [2.45, 2.75) is 24.1 Å². The van der Waals surface area contributed by atoms with Crippen molar-refractivity contribution < 1.29 is 4.79 Å². The molecule has 1 saturated heterocycles. The third-order valence-corrected chi connectivity index (χ3v) is 8.07. The number of likely N-dealkylation sites (tertiary alicyclic amines) is 1. The number of para-hydroxylation sites is 1. The summed E-state index contributed by atoms with van der Waals surface area (Å²) in [5.41, 5.74) is 2.86. The number of piperidine rings is 1. The maximum Gasteiger partial charge on any atom is 0.250 e. The molecule has 1 N–H and O–H groups in total. The van der Waals surface area contributed by atoms with Crippen LogP contribution in [0.15, 0.2) is 83.7 Å². The van der Waals surface area contributed by atoms with E-state index in [0.717, 1.165) is 47.3 Å². The second-order valence-electron chi connectivity index (χ2n) is 8.63. The van der Waals surface area contributed by atoms with Gasteiger partial charge in [-0.15, -0.1) is 0 Å². The number of thiocarbonyl (C=S) groups is 1. The highest BCUT2D eigenvalue weighted by Gasteiger charge is 2.36. The topological polar surface area (TPSA) is 54.3 Å². The third-order valence-electron chi connectivity index (χ3n) is 6.34. The minimum Gasteiger partial charge on any atom is -0.356 e. The molecule has 0 unspecified atom stereocenters. The summed E-state index contributed by atoms with van der Waals surface area (Å²) in [5, 5.41) is 2.58. The number of benzene rings is 2. The van der Waals surface area contributed by atoms with Gasteiger partial charge in [-0.05, 0) is 36.1 Å². The predicted molar refractivity (Wildman–Crippen MR) is 138 cm³/mol. The number of carbonyl (C=O) groups excluding carboxylic acids is 1. The predicted octanol–water partition coefficient (Wildman–Crippen LogP) is 4.67. The fourth-order valence-corrected chi connectivity index (χ4v) is 6.25. The number of nitrogens with zero attached hydrogens (tertiary/aromatic N) is 2. The van der Waals surface area contributed by atoms with Gasteiger partial charge in [0.2, 0.25) is 5.91 Å². The van der Waals surface area contributed by atoms with Gasteiger partial charge in [-0.1, -0.05) is 78.6 Å². The molecule has 2 aliphatic rings. The molecular formula is C26H25N3O2S2. The maximum atomic E-state index is 13.3. The van der Waals surface area contributed by atoms with Gasteiger partial charge < -0.3 is 14.8 Å². The lowest BCUT2D eigenvalue weighted by Gasteiger charge is -2.43. The normalized spacial score (nSPS) is 19.9. The summed E-state index contributed by atoms with van der Waals surface area (Å²) >= 11 is 7.31. The first-order valence-electron chi connectivity index (χ1n) is 11.1. The first kappa shape index (κ1) is 21.9. The van der Waals surface area contributed by atoms with Crippen LogP contribution in [0.1, 0.15) is 28.8 Å². The number of pyridine rings is 1. The molecule has 5 rings (SSSR count). The molecular weight excluding hydrogens is 450 g/mol. The van der Waals surface area contributed by atoms with E-state index >= 15 is 0 Å². The summed E-state index contributed by atoms with van der Waals surface area (Å²) in [6.45, 7) is 2.31. The minimum absolute atomic E-state index is 0.0781. The van der Waals surface area contributed by atoms with E-state index in [1.807, 2.05) is 71.3 Å². The summed E-state index contributed by atoms with van der Waals surface area (Å²) in [5.74, 6) is 0.565. The van der Waals surface area contributed by atoms with Crippen molar-refractivity contribution in [3.8, 4) is 0 Å². The number of hydrogen-bond acceptors (Lipinski definition) is 4. The molecule has 0 radical (unpaired) electrons. The summed E-state index contributed by atoms with van der Waals surface area (Å²) in [7, 11) is 0. The summed E-state index contributed by atoms with van der Waals surface area (Å²) in [4.78, 5) is 27.8. The van der Waals surface area contributed by atoms with E-state index in [4.69, 9.17) is 12.2 Å². The Morgan fingerprint density at radius 3 is 2.42 bits per heavy atom. The van der Waals surface area contributed by atoms with Crippen molar-refractivity contribution in [2.75, 3.05) is 18.4 Å². The van der Waals surface area contributed by atoms with Gasteiger partial charge in [-0.2, -0.15) is 0 Å². The Kier molecular flexibility index (Phi) is 6.33. The van der Waals surface area contributed by atoms with Crippen LogP contribution in [0.2, 0.25) is 0 Å². The second-order valence-corrected chi connectivity index (χ2v) is 10.4. The standard InChI is InChI=1S/C26H25N3O2S2/c30-23-13-7-12-22-20-14-18(16-29(22)23)15-28(17-20)26(32)33-24(19-8-3-1-4-9-19)25(31)27-21-10-5-2-6-11-21/h1-13,18,20,24H,14-17H2,(H,27,31)/t18-,20+,24-/m1/s1. The van der Waals surface area contributed by atoms with Gasteiger partial charge in [0.05, 0.1) is 0 Å². The van der Waals surface area contributed by atoms with Crippen LogP contribution in [-0.4, -0.2) is 32.8 Å². The molecule has 1 aromatic heterocycles. The fourth-order valence-electron chi connectivity index (χ4n) is 4.85. The molecule has 1 amide bonds. The number of rotatable bonds is 4. The van der Waals surface area contributed by atoms with Gasteiger partial charge in [0.25, 0.3) is 5.56 Å². The van der Waals surface area contributed by atoms with Gasteiger partial charge in [0, 0.05) is 43.0 Å². The Balaban J connectivity index is 1.35. The van der Waals surface area contributed by atoms with E-state index in [-0.39, 0.29) is 17.4 Å². The molecule has 0 aliphatic carbocycles. The van der Waals surface area contributed by atoms with E-state index in [2.05, 4.69) is 16.3 Å². The van der Waals surface area contributed by atoms with Crippen LogP contribution in [0.4, 0.5) is 5.69 Å². The van der Waals surface area contributed by atoms with E-state index in [1.54, 1.807) is 6.07 Å². The Labute approximate surface area is 202 Å². The molecule has 1 fully saturated rings. The van der Waals surface area contributed by atoms with Crippen molar-refractivity contribution in [2.24, 2.45) is 5.92 Å². The number of thioether (sulfide) groups is 1. The number of anilines is 1. The van der Waals surface area contributed by atoms with Crippen molar-refractivity contribution in [3.05, 3.63) is 100 Å². The lowest BCUT2D eigenvalue weighted by Crippen LogP contribution is -2.48. The molecule has 3 atom stereocenters. The zero-order chi connectivity index (χ0) is 22.8. The Morgan fingerprint density at radius 1 is 0.939 bits per heavy atom. The van der Waals surface area contributed by atoms with Crippen LogP contribution < -0.4 is 10.9 Å². The molecule has 2 bridgehead atoms. The zero-order valence-corrected chi connectivity index (χ0v) is 19.7. The van der Waals surface area contributed by atoms with Crippen molar-refractivity contribution in [1.82, 2.24) is 9.47 Å².